The number of rotatable bonds is 6. The molecular weight excluding hydrogens is 357 g/mol. The van der Waals surface area contributed by atoms with E-state index in [1.165, 1.54) is 0 Å². The largest absolute Gasteiger partial charge is 0.320 e. The lowest BCUT2D eigenvalue weighted by molar-refractivity contribution is 0.330. The van der Waals surface area contributed by atoms with Gasteiger partial charge in [0.1, 0.15) is 5.82 Å². The molecule has 0 amide bonds. The third-order valence-corrected chi connectivity index (χ3v) is 3.90. The first-order valence-electron chi connectivity index (χ1n) is 8.46. The highest BCUT2D eigenvalue weighted by atomic mass is 35.5. The van der Waals surface area contributed by atoms with E-state index in [1.54, 1.807) is 0 Å². The first-order valence-corrected chi connectivity index (χ1v) is 8.46. The summed E-state index contributed by atoms with van der Waals surface area (Å²) in [5.41, 5.74) is 2.05. The third-order valence-electron chi connectivity index (χ3n) is 3.90. The van der Waals surface area contributed by atoms with Crippen molar-refractivity contribution in [2.45, 2.75) is 53.5 Å². The summed E-state index contributed by atoms with van der Waals surface area (Å²) < 4.78 is 1.89. The van der Waals surface area contributed by atoms with Crippen LogP contribution in [0.3, 0.4) is 0 Å². The fraction of sp³-hybridized carbons (Fsp3) is 0.579. The smallest absolute Gasteiger partial charge is 0.261 e. The number of aromatic nitrogens is 2. The van der Waals surface area contributed by atoms with Crippen LogP contribution in [0.15, 0.2) is 23.0 Å². The highest BCUT2D eigenvalue weighted by Gasteiger charge is 2.17. The van der Waals surface area contributed by atoms with Crippen LogP contribution >= 0.6 is 24.8 Å². The molecule has 0 atom stereocenters. The number of aryl methyl sites for hydroxylation is 2. The summed E-state index contributed by atoms with van der Waals surface area (Å²) in [5, 5.41) is 3.89. The van der Waals surface area contributed by atoms with Crippen molar-refractivity contribution in [1.82, 2.24) is 14.9 Å². The highest BCUT2D eigenvalue weighted by molar-refractivity contribution is 5.85. The number of fused-ring (bicyclic) bond motifs is 1. The lowest BCUT2D eigenvalue weighted by Gasteiger charge is -2.22. The zero-order valence-electron chi connectivity index (χ0n) is 15.9. The molecule has 1 N–H and O–H groups in total. The zero-order chi connectivity index (χ0) is 17.0. The topological polar surface area (TPSA) is 46.9 Å². The van der Waals surface area contributed by atoms with Crippen LogP contribution in [0.4, 0.5) is 0 Å². The van der Waals surface area contributed by atoms with Gasteiger partial charge < -0.3 is 5.32 Å². The molecule has 1 aromatic heterocycles. The Morgan fingerprint density at radius 3 is 2.44 bits per heavy atom. The predicted molar refractivity (Wildman–Crippen MR) is 112 cm³/mol. The summed E-state index contributed by atoms with van der Waals surface area (Å²) in [4.78, 5) is 17.8. The van der Waals surface area contributed by atoms with E-state index in [1.807, 2.05) is 36.7 Å². The van der Waals surface area contributed by atoms with Gasteiger partial charge in [-0.2, -0.15) is 0 Å². The van der Waals surface area contributed by atoms with Crippen LogP contribution in [-0.2, 0) is 13.0 Å². The summed E-state index contributed by atoms with van der Waals surface area (Å²) in [6.07, 6.45) is 2.97. The number of hydrogen-bond donors (Lipinski definition) is 1. The molecule has 0 fully saturated rings. The van der Waals surface area contributed by atoms with Crippen molar-refractivity contribution in [2.75, 3.05) is 13.6 Å². The fourth-order valence-corrected chi connectivity index (χ4v) is 2.79. The summed E-state index contributed by atoms with van der Waals surface area (Å²) in [6.45, 7) is 10.2. The van der Waals surface area contributed by atoms with Gasteiger partial charge in [0.25, 0.3) is 5.56 Å². The van der Waals surface area contributed by atoms with Gasteiger partial charge in [0.15, 0.2) is 0 Å². The summed E-state index contributed by atoms with van der Waals surface area (Å²) >= 11 is 0. The molecule has 142 valence electrons. The van der Waals surface area contributed by atoms with Crippen molar-refractivity contribution in [3.63, 3.8) is 0 Å². The number of benzene rings is 1. The Hall–Kier alpha value is -1.10. The monoisotopic (exact) mass is 387 g/mol. The first-order chi connectivity index (χ1) is 10.8. The van der Waals surface area contributed by atoms with E-state index in [4.69, 9.17) is 4.98 Å². The SMILES string of the molecule is CNCCCCc1nc2ccc(C)cc2c(=O)n1CC(C)(C)C.Cl.Cl. The highest BCUT2D eigenvalue weighted by Crippen LogP contribution is 2.19. The molecule has 0 unspecified atom stereocenters. The van der Waals surface area contributed by atoms with Crippen molar-refractivity contribution in [3.05, 3.63) is 39.9 Å². The maximum Gasteiger partial charge on any atom is 0.261 e. The minimum atomic E-state index is 0. The second-order valence-corrected chi connectivity index (χ2v) is 7.56. The number of hydrogen-bond acceptors (Lipinski definition) is 3. The Morgan fingerprint density at radius 2 is 1.84 bits per heavy atom. The Labute approximate surface area is 163 Å². The van der Waals surface area contributed by atoms with Crippen LogP contribution < -0.4 is 10.9 Å². The molecule has 0 spiro atoms. The molecule has 25 heavy (non-hydrogen) atoms. The number of nitrogens with one attached hydrogen (secondary N) is 1. The lowest BCUT2D eigenvalue weighted by atomic mass is 9.96. The summed E-state index contributed by atoms with van der Waals surface area (Å²) in [5.74, 6) is 0.914. The first kappa shape index (κ1) is 23.9. The molecule has 0 radical (unpaired) electrons. The Morgan fingerprint density at radius 1 is 1.16 bits per heavy atom. The van der Waals surface area contributed by atoms with Crippen LogP contribution in [0, 0.1) is 12.3 Å². The van der Waals surface area contributed by atoms with Crippen LogP contribution in [0.1, 0.15) is 45.0 Å². The Balaban J connectivity index is 0.00000288. The molecule has 2 aromatic rings. The lowest BCUT2D eigenvalue weighted by Crippen LogP contribution is -2.30. The average molecular weight is 388 g/mol. The molecule has 0 aliphatic carbocycles. The molecule has 1 aromatic carbocycles. The maximum atomic E-state index is 13.0. The Bertz CT molecular complexity index is 736. The quantitative estimate of drug-likeness (QED) is 0.757. The maximum absolute atomic E-state index is 13.0. The molecule has 0 aliphatic heterocycles. The normalized spacial score (nSPS) is 11.1. The van der Waals surface area contributed by atoms with Gasteiger partial charge in [-0.3, -0.25) is 9.36 Å². The van der Waals surface area contributed by atoms with Gasteiger partial charge in [0.05, 0.1) is 10.9 Å². The van der Waals surface area contributed by atoms with E-state index in [-0.39, 0.29) is 35.8 Å². The van der Waals surface area contributed by atoms with E-state index in [0.717, 1.165) is 48.1 Å². The van der Waals surface area contributed by atoms with Gasteiger partial charge >= 0.3 is 0 Å². The van der Waals surface area contributed by atoms with E-state index in [0.29, 0.717) is 6.54 Å². The summed E-state index contributed by atoms with van der Waals surface area (Å²) in [6, 6.07) is 5.94. The minimum Gasteiger partial charge on any atom is -0.320 e. The third kappa shape index (κ3) is 6.61. The zero-order valence-corrected chi connectivity index (χ0v) is 17.5. The van der Waals surface area contributed by atoms with Gasteiger partial charge in [-0.15, -0.1) is 24.8 Å². The van der Waals surface area contributed by atoms with Crippen molar-refractivity contribution in [2.24, 2.45) is 5.41 Å². The van der Waals surface area contributed by atoms with Gasteiger partial charge in [0, 0.05) is 13.0 Å². The van der Waals surface area contributed by atoms with Crippen LogP contribution in [0.2, 0.25) is 0 Å². The standard InChI is InChI=1S/C19H29N3O.2ClH/c1-14-9-10-16-15(12-14)18(23)22(13-19(2,3)4)17(21-16)8-6-7-11-20-5;;/h9-10,12,20H,6-8,11,13H2,1-5H3;2*1H. The van der Waals surface area contributed by atoms with Crippen LogP contribution in [0.5, 0.6) is 0 Å². The molecule has 2 rings (SSSR count). The second-order valence-electron chi connectivity index (χ2n) is 7.56. The minimum absolute atomic E-state index is 0. The average Bonchev–Trinajstić information content (AvgIpc) is 2.47. The molecule has 1 heterocycles. The molecular formula is C19H31Cl2N3O. The van der Waals surface area contributed by atoms with Crippen molar-refractivity contribution in [3.8, 4) is 0 Å². The Kier molecular flexibility index (Phi) is 9.70. The summed E-state index contributed by atoms with van der Waals surface area (Å²) in [7, 11) is 1.96. The van der Waals surface area contributed by atoms with Gasteiger partial charge in [-0.1, -0.05) is 32.4 Å². The number of unbranched alkanes of at least 4 members (excludes halogenated alkanes) is 1. The van der Waals surface area contributed by atoms with Crippen molar-refractivity contribution in [1.29, 1.82) is 0 Å². The van der Waals surface area contributed by atoms with E-state index in [9.17, 15) is 4.79 Å². The fourth-order valence-electron chi connectivity index (χ4n) is 2.79. The molecule has 0 bridgehead atoms. The van der Waals surface area contributed by atoms with Crippen molar-refractivity contribution < 1.29 is 0 Å². The molecule has 0 saturated heterocycles. The molecule has 0 aliphatic rings. The van der Waals surface area contributed by atoms with Crippen LogP contribution in [-0.4, -0.2) is 23.1 Å². The van der Waals surface area contributed by atoms with Gasteiger partial charge in [0.2, 0.25) is 0 Å². The second kappa shape index (κ2) is 10.1. The van der Waals surface area contributed by atoms with E-state index >= 15 is 0 Å². The van der Waals surface area contributed by atoms with Gasteiger partial charge in [-0.25, -0.2) is 4.98 Å². The predicted octanol–water partition coefficient (Wildman–Crippen LogP) is 4.14. The molecule has 6 heteroatoms. The van der Waals surface area contributed by atoms with E-state index in [2.05, 4.69) is 26.1 Å². The van der Waals surface area contributed by atoms with Gasteiger partial charge in [-0.05, 0) is 50.9 Å². The van der Waals surface area contributed by atoms with Crippen molar-refractivity contribution >= 4 is 35.7 Å². The molecule has 4 nitrogen and oxygen atoms in total. The van der Waals surface area contributed by atoms with Crippen LogP contribution in [0.25, 0.3) is 10.9 Å². The number of nitrogens with zero attached hydrogens (tertiary/aromatic N) is 2. The number of halogens is 2. The van der Waals surface area contributed by atoms with E-state index < -0.39 is 0 Å². The molecule has 0 saturated carbocycles.